The Morgan fingerprint density at radius 3 is 2.30 bits per heavy atom. The molecule has 3 aromatic rings. The van der Waals surface area contributed by atoms with E-state index in [1.807, 2.05) is 30.3 Å². The van der Waals surface area contributed by atoms with Gasteiger partial charge in [-0.05, 0) is 48.7 Å². The second kappa shape index (κ2) is 10.3. The maximum Gasteiger partial charge on any atom is 0.335 e. The van der Waals surface area contributed by atoms with Gasteiger partial charge in [0.2, 0.25) is 0 Å². The van der Waals surface area contributed by atoms with Crippen LogP contribution >= 0.6 is 0 Å². The summed E-state index contributed by atoms with van der Waals surface area (Å²) in [5.41, 5.74) is 1.35. The van der Waals surface area contributed by atoms with Gasteiger partial charge < -0.3 is 5.11 Å². The maximum atomic E-state index is 15.0. The number of carboxylic acids is 1. The van der Waals surface area contributed by atoms with Crippen molar-refractivity contribution in [3.05, 3.63) is 100 Å². The smallest absolute Gasteiger partial charge is 0.335 e. The summed E-state index contributed by atoms with van der Waals surface area (Å²) in [5, 5.41) is 10.0. The van der Waals surface area contributed by atoms with Crippen LogP contribution < -0.4 is 0 Å². The van der Waals surface area contributed by atoms with Gasteiger partial charge in [-0.25, -0.2) is 23.6 Å². The Labute approximate surface area is 190 Å². The van der Waals surface area contributed by atoms with Crippen molar-refractivity contribution >= 4 is 11.9 Å². The number of rotatable bonds is 9. The molecule has 0 aliphatic carbocycles. The van der Waals surface area contributed by atoms with Gasteiger partial charge in [0.15, 0.2) is 0 Å². The van der Waals surface area contributed by atoms with Crippen LogP contribution in [0.2, 0.25) is 0 Å². The Kier molecular flexibility index (Phi) is 7.50. The summed E-state index contributed by atoms with van der Waals surface area (Å²) in [6.07, 6.45) is -0.468. The highest BCUT2D eigenvalue weighted by Gasteiger charge is 2.33. The third-order valence-electron chi connectivity index (χ3n) is 5.14. The van der Waals surface area contributed by atoms with Crippen LogP contribution in [-0.4, -0.2) is 34.1 Å². The zero-order valence-corrected chi connectivity index (χ0v) is 18.3. The highest BCUT2D eigenvalue weighted by molar-refractivity contribution is 5.91. The highest BCUT2D eigenvalue weighted by atomic mass is 19.3. The molecular formula is C25H24F2N2O4. The van der Waals surface area contributed by atoms with Crippen molar-refractivity contribution < 1.29 is 28.3 Å². The van der Waals surface area contributed by atoms with Gasteiger partial charge in [-0.2, -0.15) is 0 Å². The number of carbonyl (C=O) groups excluding carboxylic acids is 1. The van der Waals surface area contributed by atoms with E-state index in [1.54, 1.807) is 6.92 Å². The van der Waals surface area contributed by atoms with Crippen molar-refractivity contribution in [1.82, 2.24) is 10.0 Å². The van der Waals surface area contributed by atoms with Gasteiger partial charge in [0, 0.05) is 17.7 Å². The number of amides is 1. The zero-order chi connectivity index (χ0) is 24.0. The van der Waals surface area contributed by atoms with Crippen LogP contribution in [0, 0.1) is 6.92 Å². The quantitative estimate of drug-likeness (QED) is 0.460. The Morgan fingerprint density at radius 2 is 1.70 bits per heavy atom. The summed E-state index contributed by atoms with van der Waals surface area (Å²) in [7, 11) is 1.34. The normalized spacial score (nSPS) is 11.3. The lowest BCUT2D eigenvalue weighted by atomic mass is 9.99. The lowest BCUT2D eigenvalue weighted by Gasteiger charge is -2.21. The summed E-state index contributed by atoms with van der Waals surface area (Å²) < 4.78 is 30.0. The van der Waals surface area contributed by atoms with Gasteiger partial charge in [-0.3, -0.25) is 9.63 Å². The molecule has 1 N–H and O–H groups in total. The van der Waals surface area contributed by atoms with Crippen molar-refractivity contribution in [3.8, 4) is 0 Å². The number of alkyl halides is 2. The molecule has 0 fully saturated rings. The van der Waals surface area contributed by atoms with E-state index in [4.69, 9.17) is 9.94 Å². The predicted octanol–water partition coefficient (Wildman–Crippen LogP) is 5.02. The van der Waals surface area contributed by atoms with Crippen LogP contribution in [-0.2, 0) is 23.7 Å². The molecule has 0 saturated carbocycles. The van der Waals surface area contributed by atoms with E-state index < -0.39 is 24.2 Å². The topological polar surface area (TPSA) is 79.7 Å². The molecular weight excluding hydrogens is 430 g/mol. The molecule has 6 nitrogen and oxygen atoms in total. The number of aromatic carboxylic acids is 1. The molecule has 0 bridgehead atoms. The van der Waals surface area contributed by atoms with Crippen molar-refractivity contribution in [2.75, 3.05) is 7.11 Å². The molecule has 8 heteroatoms. The number of pyridine rings is 1. The average molecular weight is 454 g/mol. The van der Waals surface area contributed by atoms with Gasteiger partial charge >= 0.3 is 5.97 Å². The summed E-state index contributed by atoms with van der Waals surface area (Å²) in [5.74, 6) is -4.91. The number of hydrogen-bond acceptors (Lipinski definition) is 4. The monoisotopic (exact) mass is 454 g/mol. The number of aryl methyl sites for hydroxylation is 2. The Morgan fingerprint density at radius 1 is 1.03 bits per heavy atom. The van der Waals surface area contributed by atoms with Gasteiger partial charge in [0.1, 0.15) is 5.69 Å². The van der Waals surface area contributed by atoms with Crippen LogP contribution in [0.25, 0.3) is 0 Å². The second-order valence-electron chi connectivity index (χ2n) is 7.60. The Balaban J connectivity index is 1.77. The number of aromatic nitrogens is 1. The number of halogens is 2. The first kappa shape index (κ1) is 24.0. The van der Waals surface area contributed by atoms with Gasteiger partial charge in [0.05, 0.1) is 19.2 Å². The molecule has 33 heavy (non-hydrogen) atoms. The molecule has 0 saturated heterocycles. The second-order valence-corrected chi connectivity index (χ2v) is 7.60. The molecule has 0 radical (unpaired) electrons. The fraction of sp³-hybridized carbons (Fsp3) is 0.240. The predicted molar refractivity (Wildman–Crippen MR) is 118 cm³/mol. The van der Waals surface area contributed by atoms with Crippen molar-refractivity contribution in [2.45, 2.75) is 32.2 Å². The highest BCUT2D eigenvalue weighted by Crippen LogP contribution is 2.34. The molecule has 3 rings (SSSR count). The van der Waals surface area contributed by atoms with Gasteiger partial charge in [-0.1, -0.05) is 42.5 Å². The van der Waals surface area contributed by atoms with E-state index in [2.05, 4.69) is 4.98 Å². The summed E-state index contributed by atoms with van der Waals surface area (Å²) in [6.45, 7) is 1.69. The number of benzene rings is 2. The van der Waals surface area contributed by atoms with Crippen molar-refractivity contribution in [3.63, 3.8) is 0 Å². The van der Waals surface area contributed by atoms with E-state index in [-0.39, 0.29) is 35.5 Å². The molecule has 1 aromatic heterocycles. The summed E-state index contributed by atoms with van der Waals surface area (Å²) in [6, 6.07) is 17.3. The van der Waals surface area contributed by atoms with Crippen LogP contribution in [0.3, 0.4) is 0 Å². The number of hydrogen-bond donors (Lipinski definition) is 1. The van der Waals surface area contributed by atoms with Gasteiger partial charge in [-0.15, -0.1) is 0 Å². The minimum atomic E-state index is -3.22. The van der Waals surface area contributed by atoms with E-state index in [0.717, 1.165) is 16.7 Å². The summed E-state index contributed by atoms with van der Waals surface area (Å²) >= 11 is 0. The third kappa shape index (κ3) is 6.20. The largest absolute Gasteiger partial charge is 0.478 e. The molecule has 0 aliphatic heterocycles. The van der Waals surface area contributed by atoms with Crippen molar-refractivity contribution in [2.24, 2.45) is 0 Å². The number of nitrogens with zero attached hydrogens (tertiary/aromatic N) is 2. The number of carbonyl (C=O) groups is 2. The van der Waals surface area contributed by atoms with E-state index in [0.29, 0.717) is 5.56 Å². The zero-order valence-electron chi connectivity index (χ0n) is 18.3. The summed E-state index contributed by atoms with van der Waals surface area (Å²) in [4.78, 5) is 33.2. The first-order valence-corrected chi connectivity index (χ1v) is 10.3. The van der Waals surface area contributed by atoms with Crippen LogP contribution in [0.15, 0.2) is 66.7 Å². The molecule has 2 aromatic carbocycles. The number of carboxylic acid groups (broad SMARTS) is 1. The maximum absolute atomic E-state index is 15.0. The van der Waals surface area contributed by atoms with Crippen molar-refractivity contribution in [1.29, 1.82) is 0 Å². The molecule has 1 heterocycles. The Hall–Kier alpha value is -3.65. The lowest BCUT2D eigenvalue weighted by molar-refractivity contribution is -0.102. The minimum Gasteiger partial charge on any atom is -0.478 e. The first-order valence-electron chi connectivity index (χ1n) is 10.3. The Bertz CT molecular complexity index is 1120. The van der Waals surface area contributed by atoms with E-state index >= 15 is 8.78 Å². The van der Waals surface area contributed by atoms with Crippen LogP contribution in [0.5, 0.6) is 0 Å². The number of hydroxylamine groups is 2. The lowest BCUT2D eigenvalue weighted by Crippen LogP contribution is -2.30. The van der Waals surface area contributed by atoms with E-state index in [1.165, 1.54) is 37.4 Å². The molecule has 0 aliphatic rings. The standard InChI is InChI=1S/C25H24F2N2O4/c1-17-14-21(25(26,27)13-12-18-8-10-20(11-9-18)24(31)32)15-22(28-17)23(30)29(33-2)16-19-6-4-3-5-7-19/h3-11,14-15H,12-13,16H2,1-2H3,(H,31,32). The van der Waals surface area contributed by atoms with Crippen LogP contribution in [0.4, 0.5) is 8.78 Å². The average Bonchev–Trinajstić information content (AvgIpc) is 2.81. The van der Waals surface area contributed by atoms with Crippen LogP contribution in [0.1, 0.15) is 49.7 Å². The minimum absolute atomic E-state index is 0.0375. The SMILES string of the molecule is CON(Cc1ccccc1)C(=O)c1cc(C(F)(F)CCc2ccc(C(=O)O)cc2)cc(C)n1. The van der Waals surface area contributed by atoms with E-state index in [9.17, 15) is 9.59 Å². The molecule has 172 valence electrons. The fourth-order valence-electron chi connectivity index (χ4n) is 3.35. The molecule has 0 spiro atoms. The molecule has 1 amide bonds. The first-order chi connectivity index (χ1) is 15.7. The fourth-order valence-corrected chi connectivity index (χ4v) is 3.35. The molecule has 0 unspecified atom stereocenters. The van der Waals surface area contributed by atoms with Gasteiger partial charge in [0.25, 0.3) is 11.8 Å². The molecule has 0 atom stereocenters. The third-order valence-corrected chi connectivity index (χ3v) is 5.14.